The molecule has 0 atom stereocenters. The Kier molecular flexibility index (Phi) is 6.09. The first-order valence-electron chi connectivity index (χ1n) is 12.0. The third-order valence-electron chi connectivity index (χ3n) is 6.60. The van der Waals surface area contributed by atoms with Crippen molar-refractivity contribution in [2.45, 2.75) is 32.5 Å². The van der Waals surface area contributed by atoms with Crippen LogP contribution in [-0.2, 0) is 26.8 Å². The van der Waals surface area contributed by atoms with Crippen LogP contribution in [0, 0.1) is 5.41 Å². The van der Waals surface area contributed by atoms with Crippen molar-refractivity contribution < 1.29 is 13.2 Å². The number of hydrogen-bond donors (Lipinski definition) is 2. The molecule has 38 heavy (non-hydrogen) atoms. The van der Waals surface area contributed by atoms with Crippen LogP contribution in [0.3, 0.4) is 0 Å². The van der Waals surface area contributed by atoms with Crippen molar-refractivity contribution in [1.29, 1.82) is 5.41 Å². The number of aromatic nitrogens is 6. The Morgan fingerprint density at radius 3 is 2.34 bits per heavy atom. The van der Waals surface area contributed by atoms with Gasteiger partial charge in [-0.15, -0.1) is 0 Å². The number of alkyl halides is 3. The largest absolute Gasteiger partial charge is 0.434 e. The molecule has 196 valence electrons. The Bertz CT molecular complexity index is 1770. The van der Waals surface area contributed by atoms with Gasteiger partial charge in [0.15, 0.2) is 16.9 Å². The van der Waals surface area contributed by atoms with Gasteiger partial charge in [0.1, 0.15) is 11.6 Å². The van der Waals surface area contributed by atoms with Crippen molar-refractivity contribution in [3.63, 3.8) is 0 Å². The first kappa shape index (κ1) is 25.2. The molecule has 0 aliphatic carbocycles. The first-order chi connectivity index (χ1) is 18.0. The fraction of sp³-hybridized carbons (Fsp3) is 0.259. The van der Waals surface area contributed by atoms with Crippen LogP contribution in [0.1, 0.15) is 36.6 Å². The van der Waals surface area contributed by atoms with Gasteiger partial charge in [-0.3, -0.25) is 14.8 Å². The Labute approximate surface area is 215 Å². The molecule has 0 aliphatic heterocycles. The summed E-state index contributed by atoms with van der Waals surface area (Å²) in [5, 5.41) is 8.63. The van der Waals surface area contributed by atoms with Crippen molar-refractivity contribution in [2.24, 2.45) is 14.1 Å². The van der Waals surface area contributed by atoms with Crippen LogP contribution < -0.4 is 11.2 Å². The number of fused-ring (bicyclic) bond motifs is 1. The molecule has 5 aromatic rings. The van der Waals surface area contributed by atoms with E-state index in [4.69, 9.17) is 10.4 Å². The zero-order chi connectivity index (χ0) is 27.4. The lowest BCUT2D eigenvalue weighted by Crippen LogP contribution is -2.23. The van der Waals surface area contributed by atoms with E-state index in [1.165, 1.54) is 16.2 Å². The lowest BCUT2D eigenvalue weighted by molar-refractivity contribution is -0.140. The minimum absolute atomic E-state index is 0.0929. The fourth-order valence-electron chi connectivity index (χ4n) is 4.64. The molecule has 0 amide bonds. The highest BCUT2D eigenvalue weighted by atomic mass is 19.4. The lowest BCUT2D eigenvalue weighted by Gasteiger charge is -2.12. The number of hydrogen-bond acceptors (Lipinski definition) is 4. The number of nitrogens with zero attached hydrogens (tertiary/aromatic N) is 5. The maximum atomic E-state index is 13.1. The number of rotatable bonds is 5. The van der Waals surface area contributed by atoms with Crippen molar-refractivity contribution in [3.05, 3.63) is 87.5 Å². The number of halogens is 3. The number of aromatic amines is 1. The molecular weight excluding hydrogens is 495 g/mol. The Hall–Kier alpha value is -4.41. The van der Waals surface area contributed by atoms with Gasteiger partial charge in [-0.25, -0.2) is 9.97 Å². The van der Waals surface area contributed by atoms with Gasteiger partial charge in [-0.05, 0) is 17.0 Å². The average molecular weight is 522 g/mol. The van der Waals surface area contributed by atoms with Crippen LogP contribution in [0.2, 0.25) is 0 Å². The minimum atomic E-state index is -4.52. The summed E-state index contributed by atoms with van der Waals surface area (Å²) < 4.78 is 43.7. The van der Waals surface area contributed by atoms with E-state index in [1.807, 2.05) is 24.3 Å². The van der Waals surface area contributed by atoms with E-state index in [0.717, 1.165) is 22.9 Å². The van der Waals surface area contributed by atoms with E-state index >= 15 is 0 Å². The Morgan fingerprint density at radius 2 is 1.71 bits per heavy atom. The summed E-state index contributed by atoms with van der Waals surface area (Å²) >= 11 is 0. The first-order valence-corrected chi connectivity index (χ1v) is 12.0. The topological polar surface area (TPSA) is 97.3 Å². The monoisotopic (exact) mass is 521 g/mol. The van der Waals surface area contributed by atoms with Crippen molar-refractivity contribution >= 4 is 11.2 Å². The molecule has 0 aliphatic rings. The highest BCUT2D eigenvalue weighted by molar-refractivity contribution is 5.74. The molecule has 0 saturated heterocycles. The van der Waals surface area contributed by atoms with Gasteiger partial charge >= 0.3 is 6.18 Å². The zero-order valence-electron chi connectivity index (χ0n) is 21.3. The third kappa shape index (κ3) is 4.33. The maximum Gasteiger partial charge on any atom is 0.434 e. The van der Waals surface area contributed by atoms with Crippen molar-refractivity contribution in [1.82, 2.24) is 28.7 Å². The second kappa shape index (κ2) is 9.16. The highest BCUT2D eigenvalue weighted by Gasteiger charge is 2.34. The molecule has 11 heteroatoms. The summed E-state index contributed by atoms with van der Waals surface area (Å²) in [6, 6.07) is 14.7. The Balaban J connectivity index is 1.55. The van der Waals surface area contributed by atoms with Gasteiger partial charge in [0.2, 0.25) is 5.62 Å². The average Bonchev–Trinajstić information content (AvgIpc) is 3.38. The molecule has 0 bridgehead atoms. The van der Waals surface area contributed by atoms with Crippen molar-refractivity contribution in [3.8, 4) is 22.8 Å². The van der Waals surface area contributed by atoms with Gasteiger partial charge in [0, 0.05) is 31.4 Å². The molecule has 0 fully saturated rings. The van der Waals surface area contributed by atoms with Gasteiger partial charge in [0.25, 0.3) is 5.56 Å². The van der Waals surface area contributed by atoms with E-state index in [9.17, 15) is 18.0 Å². The van der Waals surface area contributed by atoms with E-state index in [1.54, 1.807) is 35.9 Å². The maximum absolute atomic E-state index is 13.1. The van der Waals surface area contributed by atoms with Crippen LogP contribution in [0.5, 0.6) is 0 Å². The van der Waals surface area contributed by atoms with Gasteiger partial charge < -0.3 is 14.1 Å². The van der Waals surface area contributed by atoms with Crippen molar-refractivity contribution in [2.75, 3.05) is 0 Å². The summed E-state index contributed by atoms with van der Waals surface area (Å²) in [6.07, 6.45) is -3.56. The SMILES string of the molecule is CC(C)c1ccccc1-c1nc2c(c(=O)[nH]1)n(C)c(=N)n2Cc1ccc(-c2nc(C(F)(F)F)cn2C)cc1. The molecule has 0 spiro atoms. The van der Waals surface area contributed by atoms with E-state index < -0.39 is 11.9 Å². The highest BCUT2D eigenvalue weighted by Crippen LogP contribution is 2.31. The number of imidazole rings is 2. The predicted molar refractivity (Wildman–Crippen MR) is 137 cm³/mol. The summed E-state index contributed by atoms with van der Waals surface area (Å²) in [6.45, 7) is 4.38. The molecule has 0 radical (unpaired) electrons. The van der Waals surface area contributed by atoms with E-state index in [2.05, 4.69) is 23.8 Å². The molecule has 0 unspecified atom stereocenters. The molecule has 0 saturated carbocycles. The second-order valence-corrected chi connectivity index (χ2v) is 9.55. The Morgan fingerprint density at radius 1 is 1.03 bits per heavy atom. The molecule has 2 aromatic carbocycles. The van der Waals surface area contributed by atoms with Gasteiger partial charge in [-0.1, -0.05) is 62.4 Å². The fourth-order valence-corrected chi connectivity index (χ4v) is 4.64. The lowest BCUT2D eigenvalue weighted by atomic mass is 9.97. The van der Waals surface area contributed by atoms with Crippen LogP contribution in [0.25, 0.3) is 33.9 Å². The molecule has 3 heterocycles. The van der Waals surface area contributed by atoms with Crippen LogP contribution in [0.4, 0.5) is 13.2 Å². The third-order valence-corrected chi connectivity index (χ3v) is 6.60. The number of aryl methyl sites for hydroxylation is 2. The quantitative estimate of drug-likeness (QED) is 0.348. The number of H-pyrrole nitrogens is 1. The van der Waals surface area contributed by atoms with Crippen LogP contribution >= 0.6 is 0 Å². The second-order valence-electron chi connectivity index (χ2n) is 9.55. The van der Waals surface area contributed by atoms with Gasteiger partial charge in [-0.2, -0.15) is 13.2 Å². The molecular formula is C27H26F3N7O. The summed E-state index contributed by atoms with van der Waals surface area (Å²) in [7, 11) is 3.16. The van der Waals surface area contributed by atoms with E-state index in [0.29, 0.717) is 17.0 Å². The summed E-state index contributed by atoms with van der Waals surface area (Å²) in [5.74, 6) is 0.840. The molecule has 8 nitrogen and oxygen atoms in total. The molecule has 2 N–H and O–H groups in total. The summed E-state index contributed by atoms with van der Waals surface area (Å²) in [4.78, 5) is 24.5. The normalized spacial score (nSPS) is 12.1. The number of nitrogens with one attached hydrogen (secondary N) is 2. The van der Waals surface area contributed by atoms with E-state index in [-0.39, 0.29) is 35.0 Å². The standard InChI is InChI=1S/C27H26F3N7O/c1-15(2)18-7-5-6-8-19(18)22-33-24-21(25(38)34-22)36(4)26(31)37(24)13-16-9-11-17(12-10-16)23-32-20(14-35(23)3)27(28,29)30/h5-12,14-15,31H,13H2,1-4H3,(H,33,34,38). The van der Waals surface area contributed by atoms with Crippen LogP contribution in [0.15, 0.2) is 59.5 Å². The number of benzene rings is 2. The minimum Gasteiger partial charge on any atom is -0.333 e. The molecule has 3 aromatic heterocycles. The predicted octanol–water partition coefficient (Wildman–Crippen LogP) is 4.80. The summed E-state index contributed by atoms with van der Waals surface area (Å²) in [5.41, 5.74) is 2.64. The smallest absolute Gasteiger partial charge is 0.333 e. The zero-order valence-corrected chi connectivity index (χ0v) is 21.3. The van der Waals surface area contributed by atoms with Gasteiger partial charge in [0.05, 0.1) is 6.54 Å². The van der Waals surface area contributed by atoms with Crippen LogP contribution in [-0.4, -0.2) is 28.7 Å². The molecule has 5 rings (SSSR count).